The van der Waals surface area contributed by atoms with E-state index in [-0.39, 0.29) is 19.0 Å². The highest BCUT2D eigenvalue weighted by atomic mass is 31.2. The predicted octanol–water partition coefficient (Wildman–Crippen LogP) is 0.129. The highest BCUT2D eigenvalue weighted by Crippen LogP contribution is 2.48. The van der Waals surface area contributed by atoms with Crippen molar-refractivity contribution >= 4 is 30.3 Å². The van der Waals surface area contributed by atoms with Crippen molar-refractivity contribution in [1.29, 1.82) is 0 Å². The van der Waals surface area contributed by atoms with Gasteiger partial charge >= 0.3 is 13.3 Å². The predicted molar refractivity (Wildman–Crippen MR) is 65.8 cm³/mol. The van der Waals surface area contributed by atoms with E-state index >= 15 is 0 Å². The summed E-state index contributed by atoms with van der Waals surface area (Å²) in [4.78, 5) is 32.2. The minimum atomic E-state index is -4.37. The van der Waals surface area contributed by atoms with Crippen LogP contribution in [-0.2, 0) is 20.4 Å². The molecule has 3 N–H and O–H groups in total. The molecule has 0 saturated carbocycles. The van der Waals surface area contributed by atoms with E-state index < -0.39 is 19.4 Å². The van der Waals surface area contributed by atoms with Crippen molar-refractivity contribution in [3.8, 4) is 0 Å². The number of anilines is 1. The molecule has 1 fully saturated rings. The Kier molecular flexibility index (Phi) is 2.93. The van der Waals surface area contributed by atoms with E-state index in [0.717, 1.165) is 0 Å². The Morgan fingerprint density at radius 3 is 3.05 bits per heavy atom. The molecular formula is C9H10N5O5P. The number of hydrogen-bond donors (Lipinski definition) is 2. The monoisotopic (exact) mass is 299 g/mol. The minimum Gasteiger partial charge on any atom is -0.454 e. The molecule has 2 unspecified atom stereocenters. The van der Waals surface area contributed by atoms with Gasteiger partial charge in [-0.15, -0.1) is 0 Å². The summed E-state index contributed by atoms with van der Waals surface area (Å²) >= 11 is 0. The standard InChI is InChI=1S/C9H10N5O5P/c10-7-6-8(12-3-11-7)14(4-13-6)1-5-2-18-9(15)20(16,17)19-5/h3-5H,1-2H2,(H,16,17)(H2,10,11,12). The molecule has 3 heterocycles. The van der Waals surface area contributed by atoms with Crippen LogP contribution in [0, 0.1) is 0 Å². The van der Waals surface area contributed by atoms with Crippen LogP contribution in [-0.4, -0.2) is 42.8 Å². The quantitative estimate of drug-likeness (QED) is 0.739. The van der Waals surface area contributed by atoms with Gasteiger partial charge < -0.3 is 19.9 Å². The molecule has 2 aromatic heterocycles. The third-order valence-corrected chi connectivity index (χ3v) is 3.92. The fourth-order valence-corrected chi connectivity index (χ4v) is 2.71. The average molecular weight is 299 g/mol. The SMILES string of the molecule is Nc1ncnc2c1ncn2CC1COC(=O)P(=O)(O)O1. The fraction of sp³-hybridized carbons (Fsp3) is 0.333. The smallest absolute Gasteiger partial charge is 0.436 e. The lowest BCUT2D eigenvalue weighted by molar-refractivity contribution is 0.0478. The number of carbonyl (C=O) groups excluding carboxylic acids is 1. The van der Waals surface area contributed by atoms with Crippen molar-refractivity contribution in [2.45, 2.75) is 12.6 Å². The number of hydrogen-bond acceptors (Lipinski definition) is 8. The molecule has 2 aromatic rings. The molecule has 0 aromatic carbocycles. The van der Waals surface area contributed by atoms with Gasteiger partial charge in [-0.05, 0) is 0 Å². The fourth-order valence-electron chi connectivity index (χ4n) is 1.86. The number of cyclic esters (lactones) is 1. The summed E-state index contributed by atoms with van der Waals surface area (Å²) in [5.41, 5.74) is 5.30. The molecule has 0 radical (unpaired) electrons. The van der Waals surface area contributed by atoms with Gasteiger partial charge in [-0.25, -0.2) is 24.3 Å². The first kappa shape index (κ1) is 13.0. The maximum Gasteiger partial charge on any atom is 0.436 e. The molecule has 2 atom stereocenters. The number of aromatic nitrogens is 4. The third-order valence-electron chi connectivity index (χ3n) is 2.75. The molecule has 1 saturated heterocycles. The molecule has 0 amide bonds. The van der Waals surface area contributed by atoms with E-state index in [1.54, 1.807) is 4.57 Å². The van der Waals surface area contributed by atoms with Gasteiger partial charge in [-0.3, -0.25) is 4.52 Å². The Morgan fingerprint density at radius 1 is 1.50 bits per heavy atom. The number of nitrogen functional groups attached to an aromatic ring is 1. The van der Waals surface area contributed by atoms with Crippen LogP contribution in [0.3, 0.4) is 0 Å². The van der Waals surface area contributed by atoms with Gasteiger partial charge in [0, 0.05) is 0 Å². The van der Waals surface area contributed by atoms with E-state index in [1.165, 1.54) is 12.7 Å². The normalized spacial score (nSPS) is 26.6. The Morgan fingerprint density at radius 2 is 2.30 bits per heavy atom. The number of imidazole rings is 1. The summed E-state index contributed by atoms with van der Waals surface area (Å²) in [6.07, 6.45) is 1.98. The lowest BCUT2D eigenvalue weighted by Crippen LogP contribution is -2.31. The highest BCUT2D eigenvalue weighted by Gasteiger charge is 2.41. The van der Waals surface area contributed by atoms with Crippen LogP contribution in [0.2, 0.25) is 0 Å². The van der Waals surface area contributed by atoms with E-state index in [9.17, 15) is 14.3 Å². The van der Waals surface area contributed by atoms with Crippen LogP contribution in [0.4, 0.5) is 10.6 Å². The van der Waals surface area contributed by atoms with Crippen LogP contribution >= 0.6 is 7.60 Å². The van der Waals surface area contributed by atoms with Crippen LogP contribution in [0.5, 0.6) is 0 Å². The summed E-state index contributed by atoms with van der Waals surface area (Å²) in [5.74, 6) is 0.234. The van der Waals surface area contributed by atoms with Crippen molar-refractivity contribution in [1.82, 2.24) is 19.5 Å². The Hall–Kier alpha value is -2.03. The van der Waals surface area contributed by atoms with Gasteiger partial charge in [-0.1, -0.05) is 0 Å². The lowest BCUT2D eigenvalue weighted by Gasteiger charge is -2.25. The van der Waals surface area contributed by atoms with E-state index in [2.05, 4.69) is 19.7 Å². The Bertz CT molecular complexity index is 731. The number of nitrogens with zero attached hydrogens (tertiary/aromatic N) is 4. The molecule has 1 aliphatic rings. The molecule has 0 spiro atoms. The summed E-state index contributed by atoms with van der Waals surface area (Å²) in [6.45, 7) is 0.0222. The molecule has 106 valence electrons. The van der Waals surface area contributed by atoms with Crippen molar-refractivity contribution in [3.05, 3.63) is 12.7 Å². The van der Waals surface area contributed by atoms with Crippen LogP contribution < -0.4 is 5.73 Å². The van der Waals surface area contributed by atoms with Gasteiger partial charge in [0.1, 0.15) is 24.6 Å². The second-order valence-electron chi connectivity index (χ2n) is 4.15. The van der Waals surface area contributed by atoms with Crippen LogP contribution in [0.1, 0.15) is 0 Å². The number of fused-ring (bicyclic) bond motifs is 1. The second kappa shape index (κ2) is 4.51. The van der Waals surface area contributed by atoms with E-state index in [4.69, 9.17) is 10.3 Å². The summed E-state index contributed by atoms with van der Waals surface area (Å²) in [7, 11) is -4.37. The first-order chi connectivity index (χ1) is 9.47. The van der Waals surface area contributed by atoms with E-state index in [0.29, 0.717) is 11.2 Å². The first-order valence-corrected chi connectivity index (χ1v) is 7.15. The lowest BCUT2D eigenvalue weighted by atomic mass is 10.3. The van der Waals surface area contributed by atoms with Gasteiger partial charge in [0.2, 0.25) is 0 Å². The zero-order valence-electron chi connectivity index (χ0n) is 10.0. The molecule has 11 heteroatoms. The topological polar surface area (TPSA) is 142 Å². The zero-order valence-corrected chi connectivity index (χ0v) is 10.9. The number of rotatable bonds is 2. The van der Waals surface area contributed by atoms with Crippen LogP contribution in [0.15, 0.2) is 12.7 Å². The van der Waals surface area contributed by atoms with Crippen molar-refractivity contribution < 1.29 is 23.5 Å². The average Bonchev–Trinajstić information content (AvgIpc) is 2.79. The molecular weight excluding hydrogens is 289 g/mol. The number of nitrogens with two attached hydrogens (primary N) is 1. The molecule has 10 nitrogen and oxygen atoms in total. The molecule has 1 aliphatic heterocycles. The number of ether oxygens (including phenoxy) is 1. The maximum atomic E-state index is 11.4. The van der Waals surface area contributed by atoms with Gasteiger partial charge in [0.25, 0.3) is 0 Å². The molecule has 3 rings (SSSR count). The molecule has 0 aliphatic carbocycles. The highest BCUT2D eigenvalue weighted by molar-refractivity contribution is 7.70. The minimum absolute atomic E-state index is 0.121. The van der Waals surface area contributed by atoms with Crippen molar-refractivity contribution in [3.63, 3.8) is 0 Å². The van der Waals surface area contributed by atoms with Crippen molar-refractivity contribution in [2.24, 2.45) is 0 Å². The summed E-state index contributed by atoms with van der Waals surface area (Å²) in [5, 5.41) is 0. The second-order valence-corrected chi connectivity index (χ2v) is 5.77. The van der Waals surface area contributed by atoms with Gasteiger partial charge in [0.05, 0.1) is 12.9 Å². The Labute approximate surface area is 112 Å². The third kappa shape index (κ3) is 2.13. The first-order valence-electron chi connectivity index (χ1n) is 5.57. The molecule has 0 bridgehead atoms. The maximum absolute atomic E-state index is 11.4. The van der Waals surface area contributed by atoms with Gasteiger partial charge in [-0.2, -0.15) is 0 Å². The van der Waals surface area contributed by atoms with Gasteiger partial charge in [0.15, 0.2) is 11.5 Å². The number of carbonyl (C=O) groups is 1. The zero-order chi connectivity index (χ0) is 14.3. The van der Waals surface area contributed by atoms with E-state index in [1.807, 2.05) is 0 Å². The Balaban J connectivity index is 1.86. The van der Waals surface area contributed by atoms with Crippen molar-refractivity contribution in [2.75, 3.05) is 12.3 Å². The van der Waals surface area contributed by atoms with Crippen LogP contribution in [0.25, 0.3) is 11.2 Å². The summed E-state index contributed by atoms with van der Waals surface area (Å²) in [6, 6.07) is 0. The largest absolute Gasteiger partial charge is 0.454 e. The summed E-state index contributed by atoms with van der Waals surface area (Å²) < 4.78 is 22.5. The molecule has 20 heavy (non-hydrogen) atoms.